The predicted octanol–water partition coefficient (Wildman–Crippen LogP) is 1.69. The molecule has 2 aromatic rings. The number of anilines is 2. The van der Waals surface area contributed by atoms with Crippen molar-refractivity contribution in [3.05, 3.63) is 41.3 Å². The Labute approximate surface area is 160 Å². The van der Waals surface area contributed by atoms with Gasteiger partial charge < -0.3 is 25.4 Å². The number of likely N-dealkylation sites (tertiary alicyclic amines) is 1. The van der Waals surface area contributed by atoms with Gasteiger partial charge in [0.1, 0.15) is 17.4 Å². The minimum absolute atomic E-state index is 0.0306. The molecule has 0 unspecified atom stereocenters. The number of nitrogens with two attached hydrogens (primary N) is 1. The molecule has 1 aliphatic heterocycles. The third-order valence-electron chi connectivity index (χ3n) is 4.42. The molecule has 1 aliphatic rings. The molecule has 1 saturated heterocycles. The van der Waals surface area contributed by atoms with Gasteiger partial charge in [-0.15, -0.1) is 0 Å². The first-order valence-corrected chi connectivity index (χ1v) is 8.53. The number of nitrogen functional groups attached to an aromatic ring is 1. The molecule has 0 radical (unpaired) electrons. The monoisotopic (exact) mass is 389 g/mol. The Bertz CT molecular complexity index is 908. The number of hydrogen-bond acceptors (Lipinski definition) is 8. The zero-order valence-corrected chi connectivity index (χ0v) is 15.4. The summed E-state index contributed by atoms with van der Waals surface area (Å²) < 4.78 is 23.4. The van der Waals surface area contributed by atoms with Crippen LogP contribution in [-0.2, 0) is 4.74 Å². The van der Waals surface area contributed by atoms with E-state index in [2.05, 4.69) is 15.3 Å². The summed E-state index contributed by atoms with van der Waals surface area (Å²) in [7, 11) is 2.71. The maximum Gasteiger partial charge on any atom is 0.409 e. The SMILES string of the molecule is COC(=O)N1CC[C@@H](Nc2ncc(C(=O)c3cc(F)ccc3OC)c(N)n2)C1. The molecule has 3 N–H and O–H groups in total. The van der Waals surface area contributed by atoms with Gasteiger partial charge in [-0.05, 0) is 24.6 Å². The van der Waals surface area contributed by atoms with E-state index in [9.17, 15) is 14.0 Å². The van der Waals surface area contributed by atoms with Crippen LogP contribution < -0.4 is 15.8 Å². The molecule has 9 nitrogen and oxygen atoms in total. The summed E-state index contributed by atoms with van der Waals surface area (Å²) >= 11 is 0. The second kappa shape index (κ2) is 8.07. The van der Waals surface area contributed by atoms with Gasteiger partial charge in [0, 0.05) is 25.3 Å². The molecule has 1 atom stereocenters. The van der Waals surface area contributed by atoms with Gasteiger partial charge in [0.2, 0.25) is 11.7 Å². The first-order valence-electron chi connectivity index (χ1n) is 8.53. The molecule has 2 heterocycles. The standard InChI is InChI=1S/C18H20FN5O4/c1-27-14-4-3-10(19)7-12(14)15(25)13-8-21-17(23-16(13)20)22-11-5-6-24(9-11)18(26)28-2/h3-4,7-8,11H,5-6,9H2,1-2H3,(H3,20,21,22,23)/t11-/m1/s1. The third-order valence-corrected chi connectivity index (χ3v) is 4.42. The summed E-state index contributed by atoms with van der Waals surface area (Å²) in [6.07, 6.45) is 1.58. The van der Waals surface area contributed by atoms with E-state index in [1.54, 1.807) is 4.90 Å². The molecule has 0 spiro atoms. The fourth-order valence-electron chi connectivity index (χ4n) is 3.00. The number of methoxy groups -OCH3 is 2. The Balaban J connectivity index is 1.75. The quantitative estimate of drug-likeness (QED) is 0.742. The lowest BCUT2D eigenvalue weighted by molar-refractivity contribution is 0.103. The van der Waals surface area contributed by atoms with Crippen molar-refractivity contribution in [2.75, 3.05) is 38.4 Å². The number of amides is 1. The van der Waals surface area contributed by atoms with Crippen LogP contribution in [-0.4, -0.2) is 60.1 Å². The van der Waals surface area contributed by atoms with E-state index in [0.717, 1.165) is 6.07 Å². The number of hydrogen-bond donors (Lipinski definition) is 2. The molecule has 148 valence electrons. The Morgan fingerprint density at radius 3 is 2.79 bits per heavy atom. The first-order chi connectivity index (χ1) is 13.4. The molecule has 28 heavy (non-hydrogen) atoms. The second-order valence-corrected chi connectivity index (χ2v) is 6.21. The topological polar surface area (TPSA) is 120 Å². The van der Waals surface area contributed by atoms with Crippen molar-refractivity contribution in [1.29, 1.82) is 0 Å². The van der Waals surface area contributed by atoms with E-state index in [-0.39, 0.29) is 34.7 Å². The van der Waals surface area contributed by atoms with Crippen LogP contribution in [0.1, 0.15) is 22.3 Å². The number of nitrogens with one attached hydrogen (secondary N) is 1. The highest BCUT2D eigenvalue weighted by Crippen LogP contribution is 2.25. The van der Waals surface area contributed by atoms with Gasteiger partial charge in [0.15, 0.2) is 0 Å². The fourth-order valence-corrected chi connectivity index (χ4v) is 3.00. The lowest BCUT2D eigenvalue weighted by Crippen LogP contribution is -2.31. The number of nitrogens with zero attached hydrogens (tertiary/aromatic N) is 3. The molecule has 3 rings (SSSR count). The summed E-state index contributed by atoms with van der Waals surface area (Å²) in [6.45, 7) is 0.993. The van der Waals surface area contributed by atoms with E-state index in [1.165, 1.54) is 32.5 Å². The Hall–Kier alpha value is -3.43. The number of aromatic nitrogens is 2. The van der Waals surface area contributed by atoms with Crippen molar-refractivity contribution in [2.24, 2.45) is 0 Å². The van der Waals surface area contributed by atoms with Crippen LogP contribution >= 0.6 is 0 Å². The van der Waals surface area contributed by atoms with Crippen molar-refractivity contribution in [3.8, 4) is 5.75 Å². The van der Waals surface area contributed by atoms with E-state index >= 15 is 0 Å². The summed E-state index contributed by atoms with van der Waals surface area (Å²) in [4.78, 5) is 34.1. The normalized spacial score (nSPS) is 16.0. The fraction of sp³-hybridized carbons (Fsp3) is 0.333. The molecular weight excluding hydrogens is 369 g/mol. The van der Waals surface area contributed by atoms with Gasteiger partial charge in [0.25, 0.3) is 0 Å². The molecular formula is C18H20FN5O4. The molecule has 0 aliphatic carbocycles. The van der Waals surface area contributed by atoms with E-state index in [1.807, 2.05) is 0 Å². The highest BCUT2D eigenvalue weighted by atomic mass is 19.1. The smallest absolute Gasteiger partial charge is 0.409 e. The van der Waals surface area contributed by atoms with Gasteiger partial charge in [-0.1, -0.05) is 0 Å². The highest BCUT2D eigenvalue weighted by Gasteiger charge is 2.27. The molecule has 0 bridgehead atoms. The number of rotatable bonds is 5. The lowest BCUT2D eigenvalue weighted by Gasteiger charge is -2.16. The zero-order valence-electron chi connectivity index (χ0n) is 15.4. The maximum absolute atomic E-state index is 13.5. The van der Waals surface area contributed by atoms with Gasteiger partial charge >= 0.3 is 6.09 Å². The number of ether oxygens (including phenoxy) is 2. The van der Waals surface area contributed by atoms with Crippen molar-refractivity contribution in [1.82, 2.24) is 14.9 Å². The van der Waals surface area contributed by atoms with Crippen LogP contribution in [0.25, 0.3) is 0 Å². The van der Waals surface area contributed by atoms with Crippen LogP contribution in [0.2, 0.25) is 0 Å². The van der Waals surface area contributed by atoms with Crippen LogP contribution in [0.5, 0.6) is 5.75 Å². The largest absolute Gasteiger partial charge is 0.496 e. The van der Waals surface area contributed by atoms with Crippen molar-refractivity contribution in [2.45, 2.75) is 12.5 Å². The van der Waals surface area contributed by atoms with Crippen LogP contribution in [0.3, 0.4) is 0 Å². The van der Waals surface area contributed by atoms with Gasteiger partial charge in [-0.25, -0.2) is 14.2 Å². The molecule has 1 aromatic heterocycles. The minimum Gasteiger partial charge on any atom is -0.496 e. The van der Waals surface area contributed by atoms with Crippen LogP contribution in [0.4, 0.5) is 21.0 Å². The maximum atomic E-state index is 13.5. The first kappa shape index (κ1) is 19.3. The predicted molar refractivity (Wildman–Crippen MR) is 98.8 cm³/mol. The summed E-state index contributed by atoms with van der Waals surface area (Å²) in [5.41, 5.74) is 6.00. The van der Waals surface area contributed by atoms with Gasteiger partial charge in [-0.2, -0.15) is 4.98 Å². The summed E-state index contributed by atoms with van der Waals surface area (Å²) in [6, 6.07) is 3.57. The number of ketones is 1. The second-order valence-electron chi connectivity index (χ2n) is 6.21. The lowest BCUT2D eigenvalue weighted by atomic mass is 10.0. The third kappa shape index (κ3) is 3.95. The van der Waals surface area contributed by atoms with Crippen molar-refractivity contribution >= 4 is 23.6 Å². The Morgan fingerprint density at radius 1 is 1.32 bits per heavy atom. The molecule has 1 fully saturated rings. The van der Waals surface area contributed by atoms with Crippen molar-refractivity contribution < 1.29 is 23.5 Å². The number of carbonyl (C=O) groups is 2. The van der Waals surface area contributed by atoms with Crippen LogP contribution in [0.15, 0.2) is 24.4 Å². The highest BCUT2D eigenvalue weighted by molar-refractivity contribution is 6.13. The Kier molecular flexibility index (Phi) is 5.57. The van der Waals surface area contributed by atoms with Crippen molar-refractivity contribution in [3.63, 3.8) is 0 Å². The van der Waals surface area contributed by atoms with Gasteiger partial charge in [0.05, 0.1) is 25.3 Å². The molecule has 0 saturated carbocycles. The molecule has 1 aromatic carbocycles. The van der Waals surface area contributed by atoms with E-state index < -0.39 is 17.7 Å². The van der Waals surface area contributed by atoms with Crippen LogP contribution in [0, 0.1) is 5.82 Å². The van der Waals surface area contributed by atoms with Gasteiger partial charge in [-0.3, -0.25) is 4.79 Å². The zero-order chi connectivity index (χ0) is 20.3. The van der Waals surface area contributed by atoms with E-state index in [0.29, 0.717) is 19.5 Å². The number of halogens is 1. The number of benzene rings is 1. The number of carbonyl (C=O) groups excluding carboxylic acids is 2. The Morgan fingerprint density at radius 2 is 2.11 bits per heavy atom. The summed E-state index contributed by atoms with van der Waals surface area (Å²) in [5.74, 6) is -0.702. The van der Waals surface area contributed by atoms with E-state index in [4.69, 9.17) is 15.2 Å². The molecule has 10 heteroatoms. The minimum atomic E-state index is -0.571. The summed E-state index contributed by atoms with van der Waals surface area (Å²) in [5, 5.41) is 3.08. The average Bonchev–Trinajstić information content (AvgIpc) is 3.15. The average molecular weight is 389 g/mol. The molecule has 1 amide bonds.